The van der Waals surface area contributed by atoms with Crippen LogP contribution in [0.5, 0.6) is 5.75 Å². The molecule has 6 nitrogen and oxygen atoms in total. The molecule has 0 fully saturated rings. The Balaban J connectivity index is 1.48. The largest absolute Gasteiger partial charge is 0.483 e. The summed E-state index contributed by atoms with van der Waals surface area (Å²) in [5.74, 6) is 0.793. The molecule has 1 N–H and O–H groups in total. The smallest absolute Gasteiger partial charge is 0.422 e. The normalized spacial score (nSPS) is 11.9. The van der Waals surface area contributed by atoms with Gasteiger partial charge in [0.05, 0.1) is 5.02 Å². The highest BCUT2D eigenvalue weighted by Gasteiger charge is 2.28. The highest BCUT2D eigenvalue weighted by Crippen LogP contribution is 2.32. The maximum Gasteiger partial charge on any atom is 0.422 e. The van der Waals surface area contributed by atoms with Crippen LogP contribution in [-0.2, 0) is 12.8 Å². The fourth-order valence-electron chi connectivity index (χ4n) is 2.92. The molecule has 0 radical (unpaired) electrons. The van der Waals surface area contributed by atoms with Crippen LogP contribution in [-0.4, -0.2) is 33.4 Å². The van der Waals surface area contributed by atoms with Gasteiger partial charge in [0.2, 0.25) is 5.82 Å². The number of aryl methyl sites for hydroxylation is 2. The van der Waals surface area contributed by atoms with Crippen LogP contribution in [0, 0.1) is 0 Å². The fourth-order valence-corrected chi connectivity index (χ4v) is 3.45. The summed E-state index contributed by atoms with van der Waals surface area (Å²) in [6.45, 7) is -1.39. The molecule has 0 amide bonds. The first-order valence-electron chi connectivity index (χ1n) is 8.72. The standard InChI is InChI=1S/C19H13Cl2F3N4O2/c20-13-6-12-8-17(18-25-27-28-26-18)30-16(12)7-11(13)3-1-10-2-4-15(14(21)5-10)29-9-19(22,23)24/h2,4-8H,1,3,9H2,(H,25,26,27,28). The molecular formula is C19H13Cl2F3N4O2. The molecular weight excluding hydrogens is 444 g/mol. The molecule has 0 saturated heterocycles. The Bertz CT molecular complexity index is 1180. The van der Waals surface area contributed by atoms with Crippen molar-refractivity contribution in [1.82, 2.24) is 20.6 Å². The average molecular weight is 457 g/mol. The second-order valence-corrected chi connectivity index (χ2v) is 7.31. The molecule has 0 atom stereocenters. The number of rotatable bonds is 6. The van der Waals surface area contributed by atoms with Gasteiger partial charge in [0.15, 0.2) is 12.4 Å². The highest BCUT2D eigenvalue weighted by molar-refractivity contribution is 6.32. The Kier molecular flexibility index (Phi) is 5.57. The fraction of sp³-hybridized carbons (Fsp3) is 0.211. The lowest BCUT2D eigenvalue weighted by Crippen LogP contribution is -2.19. The number of H-pyrrole nitrogens is 1. The Morgan fingerprint density at radius 2 is 1.87 bits per heavy atom. The van der Waals surface area contributed by atoms with Crippen LogP contribution in [0.3, 0.4) is 0 Å². The van der Waals surface area contributed by atoms with Gasteiger partial charge in [-0.05, 0) is 59.5 Å². The molecule has 0 unspecified atom stereocenters. The predicted octanol–water partition coefficient (Wildman–Crippen LogP) is 5.65. The number of aromatic amines is 1. The molecule has 0 saturated carbocycles. The van der Waals surface area contributed by atoms with Crippen molar-refractivity contribution in [3.63, 3.8) is 0 Å². The van der Waals surface area contributed by atoms with Crippen molar-refractivity contribution in [3.8, 4) is 17.3 Å². The van der Waals surface area contributed by atoms with Crippen molar-refractivity contribution >= 4 is 34.2 Å². The van der Waals surface area contributed by atoms with Crippen LogP contribution in [0.15, 0.2) is 40.8 Å². The summed E-state index contributed by atoms with van der Waals surface area (Å²) in [7, 11) is 0. The topological polar surface area (TPSA) is 76.8 Å². The number of furan rings is 1. The zero-order chi connectivity index (χ0) is 21.3. The van der Waals surface area contributed by atoms with E-state index in [-0.39, 0.29) is 10.8 Å². The molecule has 0 aliphatic carbocycles. The van der Waals surface area contributed by atoms with Gasteiger partial charge in [-0.2, -0.15) is 18.4 Å². The number of hydrogen-bond acceptors (Lipinski definition) is 5. The van der Waals surface area contributed by atoms with Crippen molar-refractivity contribution in [2.24, 2.45) is 0 Å². The summed E-state index contributed by atoms with van der Waals surface area (Å²) in [5.41, 5.74) is 2.32. The third kappa shape index (κ3) is 4.68. The van der Waals surface area contributed by atoms with Gasteiger partial charge in [0.25, 0.3) is 0 Å². The summed E-state index contributed by atoms with van der Waals surface area (Å²) in [6.07, 6.45) is -3.28. The predicted molar refractivity (Wildman–Crippen MR) is 105 cm³/mol. The molecule has 4 aromatic rings. The second kappa shape index (κ2) is 8.16. The van der Waals surface area contributed by atoms with Crippen molar-refractivity contribution < 1.29 is 22.3 Å². The molecule has 30 heavy (non-hydrogen) atoms. The number of alkyl halides is 3. The second-order valence-electron chi connectivity index (χ2n) is 6.50. The summed E-state index contributed by atoms with van der Waals surface area (Å²) < 4.78 is 47.4. The minimum atomic E-state index is -4.42. The number of ether oxygens (including phenoxy) is 1. The van der Waals surface area contributed by atoms with Crippen LogP contribution in [0.1, 0.15) is 11.1 Å². The lowest BCUT2D eigenvalue weighted by molar-refractivity contribution is -0.153. The van der Waals surface area contributed by atoms with E-state index in [9.17, 15) is 13.2 Å². The van der Waals surface area contributed by atoms with Crippen molar-refractivity contribution in [1.29, 1.82) is 0 Å². The average Bonchev–Trinajstić information content (AvgIpc) is 3.34. The van der Waals surface area contributed by atoms with Crippen LogP contribution in [0.4, 0.5) is 13.2 Å². The SMILES string of the molecule is FC(F)(F)COc1ccc(CCc2cc3oc(-c4nn[nH]n4)cc3cc2Cl)cc1Cl. The van der Waals surface area contributed by atoms with Gasteiger partial charge >= 0.3 is 6.18 Å². The quantitative estimate of drug-likeness (QED) is 0.405. The number of halogens is 5. The number of nitrogens with zero attached hydrogens (tertiary/aromatic N) is 3. The molecule has 156 valence electrons. The van der Waals surface area contributed by atoms with E-state index in [1.807, 2.05) is 6.07 Å². The van der Waals surface area contributed by atoms with E-state index in [1.165, 1.54) is 6.07 Å². The minimum Gasteiger partial charge on any atom is -0.483 e. The van der Waals surface area contributed by atoms with Gasteiger partial charge < -0.3 is 9.15 Å². The highest BCUT2D eigenvalue weighted by atomic mass is 35.5. The lowest BCUT2D eigenvalue weighted by Gasteiger charge is -2.11. The zero-order valence-corrected chi connectivity index (χ0v) is 16.6. The van der Waals surface area contributed by atoms with E-state index in [2.05, 4.69) is 20.6 Å². The van der Waals surface area contributed by atoms with Crippen LogP contribution >= 0.6 is 23.2 Å². The molecule has 0 aliphatic heterocycles. The number of hydrogen-bond donors (Lipinski definition) is 1. The molecule has 11 heteroatoms. The van der Waals surface area contributed by atoms with Gasteiger partial charge in [-0.25, -0.2) is 0 Å². The number of benzene rings is 2. The monoisotopic (exact) mass is 456 g/mol. The molecule has 0 bridgehead atoms. The van der Waals surface area contributed by atoms with Gasteiger partial charge in [0.1, 0.15) is 11.3 Å². The first kappa shape index (κ1) is 20.5. The molecule has 4 rings (SSSR count). The van der Waals surface area contributed by atoms with E-state index in [0.717, 1.165) is 16.5 Å². The van der Waals surface area contributed by atoms with Crippen LogP contribution in [0.25, 0.3) is 22.6 Å². The zero-order valence-electron chi connectivity index (χ0n) is 15.1. The van der Waals surface area contributed by atoms with Crippen molar-refractivity contribution in [2.45, 2.75) is 19.0 Å². The number of aromatic nitrogens is 4. The summed E-state index contributed by atoms with van der Waals surface area (Å²) in [6, 6.07) is 10.1. The van der Waals surface area contributed by atoms with Crippen molar-refractivity contribution in [2.75, 3.05) is 6.61 Å². The summed E-state index contributed by atoms with van der Waals surface area (Å²) in [4.78, 5) is 0. The third-order valence-corrected chi connectivity index (χ3v) is 4.97. The Hall–Kier alpha value is -2.78. The molecule has 2 aromatic heterocycles. The number of tetrazole rings is 1. The van der Waals surface area contributed by atoms with E-state index in [4.69, 9.17) is 32.4 Å². The van der Waals surface area contributed by atoms with Gasteiger partial charge in [-0.3, -0.25) is 0 Å². The van der Waals surface area contributed by atoms with E-state index in [0.29, 0.717) is 35.0 Å². The Morgan fingerprint density at radius 1 is 1.03 bits per heavy atom. The molecule has 0 spiro atoms. The third-order valence-electron chi connectivity index (χ3n) is 4.32. The number of nitrogens with one attached hydrogen (secondary N) is 1. The first-order chi connectivity index (χ1) is 14.3. The Morgan fingerprint density at radius 3 is 2.57 bits per heavy atom. The summed E-state index contributed by atoms with van der Waals surface area (Å²) in [5, 5.41) is 15.1. The van der Waals surface area contributed by atoms with E-state index < -0.39 is 12.8 Å². The van der Waals surface area contributed by atoms with E-state index in [1.54, 1.807) is 24.3 Å². The summed E-state index contributed by atoms with van der Waals surface area (Å²) >= 11 is 12.4. The van der Waals surface area contributed by atoms with Crippen LogP contribution < -0.4 is 4.74 Å². The van der Waals surface area contributed by atoms with Gasteiger partial charge in [-0.15, -0.1) is 10.2 Å². The Labute approximate surface area is 177 Å². The first-order valence-corrected chi connectivity index (χ1v) is 9.48. The van der Waals surface area contributed by atoms with Crippen molar-refractivity contribution in [3.05, 3.63) is 57.6 Å². The van der Waals surface area contributed by atoms with Crippen LogP contribution in [0.2, 0.25) is 10.0 Å². The lowest BCUT2D eigenvalue weighted by atomic mass is 10.0. The minimum absolute atomic E-state index is 0.0122. The number of fused-ring (bicyclic) bond motifs is 1. The molecule has 0 aliphatic rings. The maximum absolute atomic E-state index is 12.3. The van der Waals surface area contributed by atoms with Gasteiger partial charge in [-0.1, -0.05) is 29.3 Å². The molecule has 2 heterocycles. The maximum atomic E-state index is 12.3. The van der Waals surface area contributed by atoms with E-state index >= 15 is 0 Å². The van der Waals surface area contributed by atoms with Gasteiger partial charge in [0, 0.05) is 10.4 Å². The molecule has 2 aromatic carbocycles.